The van der Waals surface area contributed by atoms with Crippen molar-refractivity contribution >= 4 is 81.5 Å². The van der Waals surface area contributed by atoms with Crippen LogP contribution >= 0.6 is 69.6 Å². The Balaban J connectivity index is 0.000000408. The number of aliphatic hydroxyl groups is 6. The third-order valence-electron chi connectivity index (χ3n) is 6.44. The molecule has 19 heteroatoms. The highest BCUT2D eigenvalue weighted by Crippen LogP contribution is 2.40. The molecule has 3 rings (SSSR count). The molecule has 3 fully saturated rings. The van der Waals surface area contributed by atoms with Gasteiger partial charge in [0.05, 0.1) is 45.5 Å². The molecule has 3 aliphatic rings. The topological polar surface area (TPSA) is 202 Å². The van der Waals surface area contributed by atoms with Gasteiger partial charge in [-0.25, -0.2) is 0 Å². The van der Waals surface area contributed by atoms with Crippen LogP contribution in [0.5, 0.6) is 0 Å². The molecule has 1 aliphatic carbocycles. The zero-order chi connectivity index (χ0) is 31.4. The monoisotopic (exact) mass is 714 g/mol. The Labute approximate surface area is 265 Å². The molecule has 0 unspecified atom stereocenters. The minimum atomic E-state index is -2.27. The number of esters is 2. The summed E-state index contributed by atoms with van der Waals surface area (Å²) in [4.78, 5) is 22.9. The second-order valence-corrected chi connectivity index (χ2v) is 12.4. The molecule has 0 aromatic rings. The van der Waals surface area contributed by atoms with E-state index in [4.69, 9.17) is 93.3 Å². The summed E-state index contributed by atoms with van der Waals surface area (Å²) in [5.74, 6) is -4.00. The average molecular weight is 717 g/mol. The zero-order valence-electron chi connectivity index (χ0n) is 21.5. The molecule has 2 heterocycles. The Hall–Kier alpha value is 0.320. The van der Waals surface area contributed by atoms with Crippen LogP contribution in [-0.2, 0) is 33.3 Å². The van der Waals surface area contributed by atoms with Crippen molar-refractivity contribution in [2.75, 3.05) is 19.8 Å². The number of carbonyl (C=O) groups is 2. The Morgan fingerprint density at radius 3 is 1.51 bits per heavy atom. The summed E-state index contributed by atoms with van der Waals surface area (Å²) in [6.45, 7) is -0.415. The first kappa shape index (κ1) is 37.5. The van der Waals surface area contributed by atoms with Gasteiger partial charge >= 0.3 is 11.9 Å². The molecule has 9 atom stereocenters. The number of ether oxygens (including phenoxy) is 5. The maximum Gasteiger partial charge on any atom is 0.303 e. The smallest absolute Gasteiger partial charge is 0.303 e. The number of hydrogen-bond donors (Lipinski definition) is 6. The van der Waals surface area contributed by atoms with Crippen LogP contribution in [0, 0.1) is 0 Å². The summed E-state index contributed by atoms with van der Waals surface area (Å²) in [5, 5.41) is 56.6. The molecule has 0 aromatic carbocycles. The van der Waals surface area contributed by atoms with Crippen molar-refractivity contribution in [3.8, 4) is 0 Å². The fourth-order valence-electron chi connectivity index (χ4n) is 4.31. The van der Waals surface area contributed by atoms with Gasteiger partial charge in [-0.05, 0) is 0 Å². The molecule has 0 spiro atoms. The second-order valence-electron chi connectivity index (χ2n) is 9.39. The van der Waals surface area contributed by atoms with Crippen molar-refractivity contribution in [1.29, 1.82) is 0 Å². The van der Waals surface area contributed by atoms with Crippen LogP contribution < -0.4 is 0 Å². The lowest BCUT2D eigenvalue weighted by atomic mass is 9.97. The summed E-state index contributed by atoms with van der Waals surface area (Å²) >= 11 is 35.3. The third kappa shape index (κ3) is 8.53. The van der Waals surface area contributed by atoms with Crippen molar-refractivity contribution in [2.24, 2.45) is 0 Å². The number of hydrogen-bond acceptors (Lipinski definition) is 13. The van der Waals surface area contributed by atoms with E-state index < -0.39 is 119 Å². The third-order valence-corrected chi connectivity index (χ3v) is 10.5. The van der Waals surface area contributed by atoms with E-state index in [0.29, 0.717) is 0 Å². The van der Waals surface area contributed by atoms with Crippen LogP contribution in [0.4, 0.5) is 0 Å². The van der Waals surface area contributed by atoms with Crippen molar-refractivity contribution < 1.29 is 63.9 Å². The van der Waals surface area contributed by atoms with Crippen LogP contribution in [0.15, 0.2) is 0 Å². The van der Waals surface area contributed by atoms with E-state index in [9.17, 15) is 40.2 Å². The summed E-state index contributed by atoms with van der Waals surface area (Å²) in [6.07, 6.45) is -12.6. The Kier molecular flexibility index (Phi) is 14.7. The SMILES string of the molecule is CC(=O)O[C@H]1[C@@H](O[C@]2(CO)O[C@H](CO)[C@@H](O)[C@@H]2OC(C)=O)O[C@H](CO)[C@@H](O)[C@@H]1O.ClC1C(Cl)C(Cl)C(Cl)C(Cl)C1Cl. The van der Waals surface area contributed by atoms with Crippen LogP contribution in [0.1, 0.15) is 13.8 Å². The zero-order valence-corrected chi connectivity index (χ0v) is 26.0. The first-order valence-electron chi connectivity index (χ1n) is 12.1. The summed E-state index contributed by atoms with van der Waals surface area (Å²) in [6, 6.07) is 0. The standard InChI is InChI=1S/C16H26O13.C6H6Cl6/c1-6(20)25-13-12(24)10(22)8(3-17)27-15(13)29-16(5-19)14(26-7(2)21)11(23)9(4-18)28-16;7-1-2(8)4(10)6(12)5(11)3(1)9/h8-15,17-19,22-24H,3-5H2,1-2H3;1-6H/t8-,9-,10-,11-,12+,13-,14+,15-,16+;/m1./s1. The highest BCUT2D eigenvalue weighted by atomic mass is 35.5. The van der Waals surface area contributed by atoms with Crippen molar-refractivity contribution in [2.45, 2.75) is 101 Å². The van der Waals surface area contributed by atoms with Gasteiger partial charge in [0.1, 0.15) is 37.1 Å². The molecule has 2 aliphatic heterocycles. The number of halogens is 6. The van der Waals surface area contributed by atoms with Crippen LogP contribution in [0.25, 0.3) is 0 Å². The highest BCUT2D eigenvalue weighted by Gasteiger charge is 2.61. The summed E-state index contributed by atoms with van der Waals surface area (Å²) in [5.41, 5.74) is 0. The van der Waals surface area contributed by atoms with Crippen LogP contribution in [0.3, 0.4) is 0 Å². The minimum Gasteiger partial charge on any atom is -0.454 e. The maximum atomic E-state index is 11.4. The second kappa shape index (κ2) is 16.1. The van der Waals surface area contributed by atoms with E-state index in [1.807, 2.05) is 0 Å². The molecule has 0 amide bonds. The fourth-order valence-corrected chi connectivity index (χ4v) is 6.64. The van der Waals surface area contributed by atoms with Crippen molar-refractivity contribution in [1.82, 2.24) is 0 Å². The molecule has 2 saturated heterocycles. The first-order valence-corrected chi connectivity index (χ1v) is 14.7. The normalized spacial score (nSPS) is 46.3. The quantitative estimate of drug-likeness (QED) is 0.144. The van der Waals surface area contributed by atoms with Gasteiger partial charge in [-0.1, -0.05) is 0 Å². The maximum absolute atomic E-state index is 11.4. The van der Waals surface area contributed by atoms with Gasteiger partial charge < -0.3 is 54.3 Å². The molecule has 1 saturated carbocycles. The molecule has 240 valence electrons. The minimum absolute atomic E-state index is 0.437. The van der Waals surface area contributed by atoms with E-state index in [0.717, 1.165) is 13.8 Å². The summed E-state index contributed by atoms with van der Waals surface area (Å²) in [7, 11) is 0. The number of rotatable bonds is 7. The van der Waals surface area contributed by atoms with Crippen LogP contribution in [-0.4, -0.2) is 149 Å². The fraction of sp³-hybridized carbons (Fsp3) is 0.909. The Morgan fingerprint density at radius 2 is 1.15 bits per heavy atom. The van der Waals surface area contributed by atoms with E-state index in [1.165, 1.54) is 0 Å². The Bertz CT molecular complexity index is 819. The Morgan fingerprint density at radius 1 is 0.707 bits per heavy atom. The number of carbonyl (C=O) groups excluding carboxylic acids is 2. The molecular weight excluding hydrogens is 685 g/mol. The van der Waals surface area contributed by atoms with Gasteiger partial charge in [-0.2, -0.15) is 0 Å². The molecular formula is C22H32Cl6O13. The molecule has 0 aromatic heterocycles. The highest BCUT2D eigenvalue weighted by molar-refractivity contribution is 6.45. The van der Waals surface area contributed by atoms with E-state index in [-0.39, 0.29) is 0 Å². The largest absolute Gasteiger partial charge is 0.454 e. The molecule has 0 radical (unpaired) electrons. The molecule has 13 nitrogen and oxygen atoms in total. The number of alkyl halides is 6. The van der Waals surface area contributed by atoms with Gasteiger partial charge in [0.15, 0.2) is 12.2 Å². The predicted molar refractivity (Wildman–Crippen MR) is 146 cm³/mol. The molecule has 6 N–H and O–H groups in total. The summed E-state index contributed by atoms with van der Waals surface area (Å²) < 4.78 is 26.2. The first-order chi connectivity index (χ1) is 19.1. The van der Waals surface area contributed by atoms with E-state index in [2.05, 4.69) is 0 Å². The van der Waals surface area contributed by atoms with Gasteiger partial charge in [-0.3, -0.25) is 9.59 Å². The van der Waals surface area contributed by atoms with Gasteiger partial charge in [0, 0.05) is 13.8 Å². The lowest BCUT2D eigenvalue weighted by Crippen LogP contribution is -2.63. The lowest BCUT2D eigenvalue weighted by molar-refractivity contribution is -0.384. The predicted octanol–water partition coefficient (Wildman–Crippen LogP) is -0.610. The molecule has 0 bridgehead atoms. The van der Waals surface area contributed by atoms with Gasteiger partial charge in [0.25, 0.3) is 0 Å². The van der Waals surface area contributed by atoms with Crippen molar-refractivity contribution in [3.63, 3.8) is 0 Å². The van der Waals surface area contributed by atoms with E-state index in [1.54, 1.807) is 0 Å². The van der Waals surface area contributed by atoms with Crippen molar-refractivity contribution in [3.05, 3.63) is 0 Å². The molecule has 41 heavy (non-hydrogen) atoms. The van der Waals surface area contributed by atoms with Gasteiger partial charge in [-0.15, -0.1) is 69.6 Å². The number of aliphatic hydroxyl groups excluding tert-OH is 6. The lowest BCUT2D eigenvalue weighted by Gasteiger charge is -2.44. The van der Waals surface area contributed by atoms with E-state index >= 15 is 0 Å². The van der Waals surface area contributed by atoms with Crippen LogP contribution in [0.2, 0.25) is 0 Å². The average Bonchev–Trinajstić information content (AvgIpc) is 3.19. The van der Waals surface area contributed by atoms with Gasteiger partial charge in [0.2, 0.25) is 12.1 Å².